The van der Waals surface area contributed by atoms with Crippen LogP contribution in [0, 0.1) is 6.92 Å². The van der Waals surface area contributed by atoms with Crippen molar-refractivity contribution in [1.29, 1.82) is 0 Å². The molecule has 3 heterocycles. The van der Waals surface area contributed by atoms with Crippen LogP contribution in [0.1, 0.15) is 17.7 Å². The second-order valence-electron chi connectivity index (χ2n) is 7.72. The summed E-state index contributed by atoms with van der Waals surface area (Å²) in [7, 11) is -3.55. The zero-order valence-corrected chi connectivity index (χ0v) is 19.3. The number of aryl methyl sites for hydroxylation is 1. The van der Waals surface area contributed by atoms with Crippen LogP contribution in [0.5, 0.6) is 0 Å². The number of aromatic nitrogens is 4. The molecule has 2 aromatic heterocycles. The highest BCUT2D eigenvalue weighted by Crippen LogP contribution is 2.26. The summed E-state index contributed by atoms with van der Waals surface area (Å²) in [5.41, 5.74) is 2.91. The van der Waals surface area contributed by atoms with Crippen LogP contribution in [-0.2, 0) is 21.5 Å². The number of nitrogens with zero attached hydrogens (tertiary/aromatic N) is 5. The van der Waals surface area contributed by atoms with Crippen molar-refractivity contribution >= 4 is 21.8 Å². The summed E-state index contributed by atoms with van der Waals surface area (Å²) in [6.45, 7) is 3.91. The molecule has 2 N–H and O–H groups in total. The summed E-state index contributed by atoms with van der Waals surface area (Å²) in [4.78, 5) is 7.84. The minimum absolute atomic E-state index is 0.0811. The zero-order chi connectivity index (χ0) is 24.1. The summed E-state index contributed by atoms with van der Waals surface area (Å²) in [6, 6.07) is 6.83. The SMILES string of the molecule is Cc1cc(Nc2nccc(C(F)F)n2)cc(-c2cnn(CCNS(=O)(=O)N3CCOCC3)c2)c1. The molecule has 3 aromatic rings. The molecule has 13 heteroatoms. The topological polar surface area (TPSA) is 114 Å². The molecule has 1 aliphatic heterocycles. The minimum atomic E-state index is -3.55. The number of ether oxygens (including phenoxy) is 1. The first-order valence-corrected chi connectivity index (χ1v) is 12.1. The Kier molecular flexibility index (Phi) is 7.46. The van der Waals surface area contributed by atoms with Gasteiger partial charge in [-0.3, -0.25) is 4.68 Å². The molecule has 0 spiro atoms. The molecule has 0 amide bonds. The van der Waals surface area contributed by atoms with Crippen molar-refractivity contribution < 1.29 is 21.9 Å². The van der Waals surface area contributed by atoms with Crippen LogP contribution < -0.4 is 10.0 Å². The van der Waals surface area contributed by atoms with Crippen LogP contribution in [0.25, 0.3) is 11.1 Å². The lowest BCUT2D eigenvalue weighted by Crippen LogP contribution is -2.47. The highest BCUT2D eigenvalue weighted by atomic mass is 32.2. The van der Waals surface area contributed by atoms with Gasteiger partial charge in [0.2, 0.25) is 5.95 Å². The first-order valence-electron chi connectivity index (χ1n) is 10.7. The number of morpholine rings is 1. The first-order chi connectivity index (χ1) is 16.3. The van der Waals surface area contributed by atoms with Crippen molar-refractivity contribution in [2.24, 2.45) is 0 Å². The third-order valence-corrected chi connectivity index (χ3v) is 6.75. The zero-order valence-electron chi connectivity index (χ0n) is 18.5. The van der Waals surface area contributed by atoms with Crippen LogP contribution in [0.15, 0.2) is 42.9 Å². The lowest BCUT2D eigenvalue weighted by Gasteiger charge is -2.26. The Morgan fingerprint density at radius 3 is 2.74 bits per heavy atom. The molecule has 4 rings (SSSR count). The summed E-state index contributed by atoms with van der Waals surface area (Å²) >= 11 is 0. The second-order valence-corrected chi connectivity index (χ2v) is 9.48. The first kappa shape index (κ1) is 24.1. The van der Waals surface area contributed by atoms with Gasteiger partial charge in [0.15, 0.2) is 0 Å². The van der Waals surface area contributed by atoms with Gasteiger partial charge < -0.3 is 10.1 Å². The standard InChI is InChI=1S/C21H25F2N7O3S/c1-15-10-16(12-18(11-15)27-21-24-3-2-19(28-21)20(22)23)17-13-25-29(14-17)5-4-26-34(31,32)30-6-8-33-9-7-30/h2-3,10-14,20,26H,4-9H2,1H3,(H,24,27,28). The lowest BCUT2D eigenvalue weighted by molar-refractivity contribution is 0.0725. The van der Waals surface area contributed by atoms with Gasteiger partial charge in [0.1, 0.15) is 5.69 Å². The number of anilines is 2. The molecule has 34 heavy (non-hydrogen) atoms. The van der Waals surface area contributed by atoms with Crippen LogP contribution in [0.4, 0.5) is 20.4 Å². The molecular weight excluding hydrogens is 468 g/mol. The van der Waals surface area contributed by atoms with E-state index in [0.29, 0.717) is 38.5 Å². The van der Waals surface area contributed by atoms with Crippen LogP contribution >= 0.6 is 0 Å². The van der Waals surface area contributed by atoms with Crippen LogP contribution in [0.3, 0.4) is 0 Å². The number of halogens is 2. The summed E-state index contributed by atoms with van der Waals surface area (Å²) in [5, 5.41) is 7.28. The van der Waals surface area contributed by atoms with E-state index in [1.807, 2.05) is 31.3 Å². The summed E-state index contributed by atoms with van der Waals surface area (Å²) in [5.74, 6) is 0.0811. The molecule has 0 aliphatic carbocycles. The molecule has 0 saturated carbocycles. The highest BCUT2D eigenvalue weighted by Gasteiger charge is 2.23. The Labute approximate surface area is 196 Å². The predicted molar refractivity (Wildman–Crippen MR) is 122 cm³/mol. The predicted octanol–water partition coefficient (Wildman–Crippen LogP) is 2.50. The fourth-order valence-electron chi connectivity index (χ4n) is 3.51. The molecule has 1 aromatic carbocycles. The molecule has 0 atom stereocenters. The highest BCUT2D eigenvalue weighted by molar-refractivity contribution is 7.87. The molecule has 0 radical (unpaired) electrons. The van der Waals surface area contributed by atoms with E-state index in [1.54, 1.807) is 10.9 Å². The van der Waals surface area contributed by atoms with E-state index in [9.17, 15) is 17.2 Å². The Morgan fingerprint density at radius 1 is 1.18 bits per heavy atom. The Bertz CT molecular complexity index is 1230. The Balaban J connectivity index is 1.41. The van der Waals surface area contributed by atoms with Gasteiger partial charge in [-0.15, -0.1) is 0 Å². The average molecular weight is 494 g/mol. The van der Waals surface area contributed by atoms with Crippen molar-refractivity contribution in [3.05, 3.63) is 54.1 Å². The maximum Gasteiger partial charge on any atom is 0.280 e. The number of nitrogens with one attached hydrogen (secondary N) is 2. The van der Waals surface area contributed by atoms with E-state index < -0.39 is 16.6 Å². The van der Waals surface area contributed by atoms with Crippen LogP contribution in [0.2, 0.25) is 0 Å². The number of rotatable bonds is 9. The fourth-order valence-corrected chi connectivity index (χ4v) is 4.67. The Morgan fingerprint density at radius 2 is 1.97 bits per heavy atom. The van der Waals surface area contributed by atoms with Crippen molar-refractivity contribution in [2.75, 3.05) is 38.2 Å². The van der Waals surface area contributed by atoms with Gasteiger partial charge in [-0.25, -0.2) is 23.5 Å². The van der Waals surface area contributed by atoms with E-state index in [1.165, 1.54) is 16.6 Å². The fraction of sp³-hybridized carbons (Fsp3) is 0.381. The summed E-state index contributed by atoms with van der Waals surface area (Å²) in [6.07, 6.45) is 2.10. The van der Waals surface area contributed by atoms with Gasteiger partial charge in [-0.1, -0.05) is 6.07 Å². The summed E-state index contributed by atoms with van der Waals surface area (Å²) < 4.78 is 61.3. The molecule has 1 saturated heterocycles. The number of benzene rings is 1. The minimum Gasteiger partial charge on any atom is -0.379 e. The lowest BCUT2D eigenvalue weighted by atomic mass is 10.1. The van der Waals surface area contributed by atoms with E-state index in [2.05, 4.69) is 25.1 Å². The average Bonchev–Trinajstić information content (AvgIpc) is 3.28. The van der Waals surface area contributed by atoms with Gasteiger partial charge in [0, 0.05) is 43.3 Å². The molecular formula is C21H25F2N7O3S. The van der Waals surface area contributed by atoms with Crippen molar-refractivity contribution in [3.63, 3.8) is 0 Å². The molecule has 0 unspecified atom stereocenters. The number of hydrogen-bond donors (Lipinski definition) is 2. The monoisotopic (exact) mass is 493 g/mol. The molecule has 1 fully saturated rings. The number of alkyl halides is 2. The van der Waals surface area contributed by atoms with Gasteiger partial charge in [0.05, 0.1) is 26.0 Å². The molecule has 182 valence electrons. The third-order valence-electron chi connectivity index (χ3n) is 5.14. The molecule has 10 nitrogen and oxygen atoms in total. The quantitative estimate of drug-likeness (QED) is 0.471. The maximum absolute atomic E-state index is 12.9. The van der Waals surface area contributed by atoms with Crippen molar-refractivity contribution in [3.8, 4) is 11.1 Å². The van der Waals surface area contributed by atoms with Gasteiger partial charge >= 0.3 is 0 Å². The van der Waals surface area contributed by atoms with Gasteiger partial charge in [-0.05, 0) is 36.2 Å². The Hall–Kier alpha value is -3.00. The smallest absolute Gasteiger partial charge is 0.280 e. The van der Waals surface area contributed by atoms with Gasteiger partial charge in [-0.2, -0.15) is 17.8 Å². The van der Waals surface area contributed by atoms with E-state index in [0.717, 1.165) is 16.7 Å². The molecule has 0 bridgehead atoms. The van der Waals surface area contributed by atoms with Crippen molar-refractivity contribution in [1.82, 2.24) is 28.8 Å². The molecule has 1 aliphatic rings. The van der Waals surface area contributed by atoms with Crippen LogP contribution in [-0.4, -0.2) is 65.3 Å². The number of hydrogen-bond acceptors (Lipinski definition) is 7. The van der Waals surface area contributed by atoms with E-state index in [4.69, 9.17) is 4.74 Å². The third kappa shape index (κ3) is 6.11. The largest absolute Gasteiger partial charge is 0.379 e. The van der Waals surface area contributed by atoms with Gasteiger partial charge in [0.25, 0.3) is 16.6 Å². The van der Waals surface area contributed by atoms with E-state index in [-0.39, 0.29) is 18.2 Å². The van der Waals surface area contributed by atoms with Crippen molar-refractivity contribution in [2.45, 2.75) is 19.9 Å². The second kappa shape index (κ2) is 10.5. The normalized spacial score (nSPS) is 15.1. The van der Waals surface area contributed by atoms with E-state index >= 15 is 0 Å². The maximum atomic E-state index is 12.9.